The van der Waals surface area contributed by atoms with Crippen LogP contribution in [0.3, 0.4) is 0 Å². The number of hydrogen-bond donors (Lipinski definition) is 2. The van der Waals surface area contributed by atoms with E-state index in [1.54, 1.807) is 48.5 Å². The van der Waals surface area contributed by atoms with Gasteiger partial charge in [0.15, 0.2) is 0 Å². The number of carbonyl (C=O) groups is 2. The summed E-state index contributed by atoms with van der Waals surface area (Å²) >= 11 is 0. The van der Waals surface area contributed by atoms with E-state index < -0.39 is 0 Å². The highest BCUT2D eigenvalue weighted by molar-refractivity contribution is 5.93. The van der Waals surface area contributed by atoms with Crippen LogP contribution in [-0.2, 0) is 22.9 Å². The van der Waals surface area contributed by atoms with Crippen LogP contribution in [0.5, 0.6) is 0 Å². The van der Waals surface area contributed by atoms with Gasteiger partial charge in [0.25, 0.3) is 11.8 Å². The molecule has 0 aliphatic rings. The standard InChI is InChI=1S/C26H28N2O4/c1-17-18(2)24(16-32-28-26(30)22-13-9-6-10-14-22)20(4)19(3)23(17)15-31-27-25(29)21-11-7-5-8-12-21/h5-14H,15-16H2,1-4H3,(H,27,29)(H,28,30). The fourth-order valence-corrected chi connectivity index (χ4v) is 3.55. The van der Waals surface area contributed by atoms with Crippen LogP contribution >= 0.6 is 0 Å². The maximum absolute atomic E-state index is 12.2. The van der Waals surface area contributed by atoms with Crippen molar-refractivity contribution in [2.45, 2.75) is 40.9 Å². The van der Waals surface area contributed by atoms with Gasteiger partial charge in [0.05, 0.1) is 0 Å². The Balaban J connectivity index is 1.63. The summed E-state index contributed by atoms with van der Waals surface area (Å²) in [5.41, 5.74) is 12.4. The second-order valence-electron chi connectivity index (χ2n) is 7.63. The molecule has 0 saturated heterocycles. The Kier molecular flexibility index (Phi) is 7.76. The molecule has 0 fully saturated rings. The summed E-state index contributed by atoms with van der Waals surface area (Å²) in [5, 5.41) is 0. The first-order valence-electron chi connectivity index (χ1n) is 10.4. The first-order chi connectivity index (χ1) is 15.4. The van der Waals surface area contributed by atoms with Gasteiger partial charge < -0.3 is 0 Å². The molecule has 0 saturated carbocycles. The summed E-state index contributed by atoms with van der Waals surface area (Å²) in [7, 11) is 0. The van der Waals surface area contributed by atoms with E-state index in [1.807, 2.05) is 39.8 Å². The number of benzene rings is 3. The van der Waals surface area contributed by atoms with Crippen molar-refractivity contribution in [3.63, 3.8) is 0 Å². The highest BCUT2D eigenvalue weighted by atomic mass is 16.7. The molecular formula is C26H28N2O4. The summed E-state index contributed by atoms with van der Waals surface area (Å²) in [6.07, 6.45) is 0. The fraction of sp³-hybridized carbons (Fsp3) is 0.231. The molecule has 0 spiro atoms. The number of rotatable bonds is 8. The van der Waals surface area contributed by atoms with Crippen LogP contribution in [0.1, 0.15) is 54.1 Å². The van der Waals surface area contributed by atoms with Gasteiger partial charge in [-0.3, -0.25) is 19.3 Å². The Bertz CT molecular complexity index is 978. The van der Waals surface area contributed by atoms with Gasteiger partial charge in [-0.1, -0.05) is 36.4 Å². The number of hydroxylamine groups is 2. The average Bonchev–Trinajstić information content (AvgIpc) is 2.83. The van der Waals surface area contributed by atoms with E-state index in [-0.39, 0.29) is 25.0 Å². The minimum atomic E-state index is -0.284. The minimum Gasteiger partial charge on any atom is -0.269 e. The number of amides is 2. The van der Waals surface area contributed by atoms with Gasteiger partial charge in [-0.25, -0.2) is 11.0 Å². The van der Waals surface area contributed by atoms with Crippen molar-refractivity contribution in [2.75, 3.05) is 0 Å². The molecule has 0 radical (unpaired) electrons. The van der Waals surface area contributed by atoms with Crippen LogP contribution in [0.25, 0.3) is 0 Å². The Hall–Kier alpha value is -3.48. The van der Waals surface area contributed by atoms with E-state index >= 15 is 0 Å². The molecule has 32 heavy (non-hydrogen) atoms. The highest BCUT2D eigenvalue weighted by Crippen LogP contribution is 2.27. The minimum absolute atomic E-state index is 0.254. The molecule has 2 amide bonds. The molecule has 166 valence electrons. The monoisotopic (exact) mass is 432 g/mol. The lowest BCUT2D eigenvalue weighted by Crippen LogP contribution is -2.25. The molecule has 0 bridgehead atoms. The van der Waals surface area contributed by atoms with Crippen molar-refractivity contribution in [1.82, 2.24) is 11.0 Å². The molecule has 3 aromatic rings. The van der Waals surface area contributed by atoms with Crippen molar-refractivity contribution in [3.8, 4) is 0 Å². The van der Waals surface area contributed by atoms with Crippen LogP contribution in [0.4, 0.5) is 0 Å². The molecule has 6 heteroatoms. The lowest BCUT2D eigenvalue weighted by Gasteiger charge is -2.20. The van der Waals surface area contributed by atoms with Crippen LogP contribution < -0.4 is 11.0 Å². The fourth-order valence-electron chi connectivity index (χ4n) is 3.55. The molecule has 0 aromatic heterocycles. The van der Waals surface area contributed by atoms with Crippen LogP contribution in [-0.4, -0.2) is 11.8 Å². The zero-order valence-corrected chi connectivity index (χ0v) is 18.8. The number of nitrogens with one attached hydrogen (secondary N) is 2. The molecule has 0 unspecified atom stereocenters. The second kappa shape index (κ2) is 10.7. The maximum Gasteiger partial charge on any atom is 0.274 e. The molecule has 0 aliphatic heterocycles. The predicted molar refractivity (Wildman–Crippen MR) is 123 cm³/mol. The number of carbonyl (C=O) groups excluding carboxylic acids is 2. The Labute approximate surface area is 188 Å². The lowest BCUT2D eigenvalue weighted by atomic mass is 9.89. The van der Waals surface area contributed by atoms with Gasteiger partial charge in [-0.05, 0) is 85.3 Å². The van der Waals surface area contributed by atoms with E-state index in [2.05, 4.69) is 11.0 Å². The zero-order chi connectivity index (χ0) is 23.1. The van der Waals surface area contributed by atoms with Crippen LogP contribution in [0.2, 0.25) is 0 Å². The molecule has 0 atom stereocenters. The first-order valence-corrected chi connectivity index (χ1v) is 10.4. The van der Waals surface area contributed by atoms with Gasteiger partial charge in [-0.2, -0.15) is 0 Å². The number of hydrogen-bond acceptors (Lipinski definition) is 4. The Morgan fingerprint density at radius 2 is 0.906 bits per heavy atom. The van der Waals surface area contributed by atoms with E-state index in [9.17, 15) is 9.59 Å². The van der Waals surface area contributed by atoms with Gasteiger partial charge in [0, 0.05) is 11.1 Å². The highest BCUT2D eigenvalue weighted by Gasteiger charge is 2.16. The van der Waals surface area contributed by atoms with Crippen LogP contribution in [0, 0.1) is 27.7 Å². The predicted octanol–water partition coefficient (Wildman–Crippen LogP) is 4.64. The molecular weight excluding hydrogens is 404 g/mol. The molecule has 3 aromatic carbocycles. The van der Waals surface area contributed by atoms with E-state index in [0.29, 0.717) is 11.1 Å². The van der Waals surface area contributed by atoms with Gasteiger partial charge in [0.2, 0.25) is 0 Å². The van der Waals surface area contributed by atoms with E-state index in [4.69, 9.17) is 9.68 Å². The Morgan fingerprint density at radius 3 is 1.22 bits per heavy atom. The molecule has 0 aliphatic carbocycles. The lowest BCUT2D eigenvalue weighted by molar-refractivity contribution is 0.0216. The summed E-state index contributed by atoms with van der Waals surface area (Å²) in [6, 6.07) is 17.9. The summed E-state index contributed by atoms with van der Waals surface area (Å²) in [4.78, 5) is 35.4. The maximum atomic E-state index is 12.2. The topological polar surface area (TPSA) is 76.7 Å². The molecule has 3 rings (SSSR count). The van der Waals surface area contributed by atoms with Crippen LogP contribution in [0.15, 0.2) is 60.7 Å². The SMILES string of the molecule is Cc1c(C)c(CONC(=O)c2ccccc2)c(C)c(C)c1CONC(=O)c1ccccc1. The third-order valence-electron chi connectivity index (χ3n) is 5.77. The zero-order valence-electron chi connectivity index (χ0n) is 18.8. The average molecular weight is 433 g/mol. The smallest absolute Gasteiger partial charge is 0.269 e. The van der Waals surface area contributed by atoms with Gasteiger partial charge in [-0.15, -0.1) is 0 Å². The quantitative estimate of drug-likeness (QED) is 0.508. The third-order valence-corrected chi connectivity index (χ3v) is 5.77. The van der Waals surface area contributed by atoms with Crippen molar-refractivity contribution < 1.29 is 19.3 Å². The first kappa shape index (κ1) is 23.2. The summed E-state index contributed by atoms with van der Waals surface area (Å²) in [6.45, 7) is 8.59. The molecule has 2 N–H and O–H groups in total. The van der Waals surface area contributed by atoms with Crippen molar-refractivity contribution >= 4 is 11.8 Å². The van der Waals surface area contributed by atoms with Gasteiger partial charge >= 0.3 is 0 Å². The molecule has 6 nitrogen and oxygen atoms in total. The normalized spacial score (nSPS) is 10.6. The summed E-state index contributed by atoms with van der Waals surface area (Å²) in [5.74, 6) is -0.568. The largest absolute Gasteiger partial charge is 0.274 e. The third kappa shape index (κ3) is 5.41. The van der Waals surface area contributed by atoms with Crippen molar-refractivity contribution in [1.29, 1.82) is 0 Å². The molecule has 0 heterocycles. The van der Waals surface area contributed by atoms with Crippen molar-refractivity contribution in [3.05, 3.63) is 105 Å². The Morgan fingerprint density at radius 1 is 0.594 bits per heavy atom. The second-order valence-corrected chi connectivity index (χ2v) is 7.63. The van der Waals surface area contributed by atoms with Crippen molar-refractivity contribution in [2.24, 2.45) is 0 Å². The summed E-state index contributed by atoms with van der Waals surface area (Å²) < 4.78 is 0. The van der Waals surface area contributed by atoms with E-state index in [1.165, 1.54) is 0 Å². The van der Waals surface area contributed by atoms with Gasteiger partial charge in [0.1, 0.15) is 13.2 Å². The van der Waals surface area contributed by atoms with E-state index in [0.717, 1.165) is 33.4 Å².